The van der Waals surface area contributed by atoms with Gasteiger partial charge < -0.3 is 14.4 Å². The summed E-state index contributed by atoms with van der Waals surface area (Å²) < 4.78 is 5.96. The molecule has 14 heavy (non-hydrogen) atoms. The molecule has 0 spiro atoms. The quantitative estimate of drug-likeness (QED) is 0.783. The van der Waals surface area contributed by atoms with Crippen LogP contribution in [0.25, 0.3) is 0 Å². The number of nitrogens with zero attached hydrogens (tertiary/aromatic N) is 1. The molecule has 0 saturated carbocycles. The van der Waals surface area contributed by atoms with E-state index in [1.807, 2.05) is 12.1 Å². The number of hydrogen-bond donors (Lipinski definition) is 1. The first-order chi connectivity index (χ1) is 6.77. The third-order valence-corrected chi connectivity index (χ3v) is 3.61. The van der Waals surface area contributed by atoms with E-state index in [0.717, 1.165) is 22.3 Å². The molecule has 1 aliphatic rings. The second kappa shape index (κ2) is 4.33. The molecular formula is C9H11NO2S2. The van der Waals surface area contributed by atoms with E-state index < -0.39 is 6.23 Å². The van der Waals surface area contributed by atoms with Crippen LogP contribution in [-0.2, 0) is 6.54 Å². The number of aliphatic hydroxyl groups is 1. The Morgan fingerprint density at radius 3 is 3.21 bits per heavy atom. The van der Waals surface area contributed by atoms with E-state index in [2.05, 4.69) is 0 Å². The van der Waals surface area contributed by atoms with Gasteiger partial charge in [-0.05, 0) is 12.1 Å². The summed E-state index contributed by atoms with van der Waals surface area (Å²) in [4.78, 5) is 1.79. The standard InChI is InChI=1S/C9H11NO2S2/c11-8-3-5-14-9(13)10(8)6-7-2-1-4-12-7/h1-2,4,8,11H,3,5-6H2/t8-/m1/s1. The molecule has 5 heteroatoms. The average Bonchev–Trinajstić information content (AvgIpc) is 2.64. The molecule has 1 aliphatic heterocycles. The van der Waals surface area contributed by atoms with Crippen molar-refractivity contribution in [3.63, 3.8) is 0 Å². The van der Waals surface area contributed by atoms with Gasteiger partial charge in [0.2, 0.25) is 0 Å². The highest BCUT2D eigenvalue weighted by Crippen LogP contribution is 2.23. The summed E-state index contributed by atoms with van der Waals surface area (Å²) in [6.07, 6.45) is 1.92. The Balaban J connectivity index is 2.04. The minimum absolute atomic E-state index is 0.464. The van der Waals surface area contributed by atoms with Gasteiger partial charge in [0.1, 0.15) is 16.3 Å². The van der Waals surface area contributed by atoms with E-state index in [4.69, 9.17) is 16.6 Å². The highest BCUT2D eigenvalue weighted by molar-refractivity contribution is 8.22. The van der Waals surface area contributed by atoms with E-state index in [-0.39, 0.29) is 0 Å². The van der Waals surface area contributed by atoms with Crippen LogP contribution >= 0.6 is 24.0 Å². The van der Waals surface area contributed by atoms with Crippen LogP contribution in [0.5, 0.6) is 0 Å². The summed E-state index contributed by atoms with van der Waals surface area (Å²) in [6.45, 7) is 0.556. The fraction of sp³-hybridized carbons (Fsp3) is 0.444. The van der Waals surface area contributed by atoms with E-state index in [9.17, 15) is 5.11 Å². The van der Waals surface area contributed by atoms with Gasteiger partial charge in [-0.3, -0.25) is 0 Å². The predicted octanol–water partition coefficient (Wildman–Crippen LogP) is 1.82. The molecule has 1 fully saturated rings. The fourth-order valence-corrected chi connectivity index (χ4v) is 2.64. The molecule has 76 valence electrons. The molecule has 0 bridgehead atoms. The van der Waals surface area contributed by atoms with E-state index in [0.29, 0.717) is 6.54 Å². The first-order valence-electron chi connectivity index (χ1n) is 4.41. The third-order valence-electron chi connectivity index (χ3n) is 2.10. The number of thiocarbonyl (C=S) groups is 1. The molecule has 0 aromatic carbocycles. The summed E-state index contributed by atoms with van der Waals surface area (Å²) in [5, 5.41) is 9.72. The van der Waals surface area contributed by atoms with Gasteiger partial charge >= 0.3 is 0 Å². The monoisotopic (exact) mass is 229 g/mol. The van der Waals surface area contributed by atoms with Crippen LogP contribution in [0.3, 0.4) is 0 Å². The number of aliphatic hydroxyl groups excluding tert-OH is 1. The molecule has 0 amide bonds. The second-order valence-electron chi connectivity index (χ2n) is 3.09. The lowest BCUT2D eigenvalue weighted by Gasteiger charge is -2.32. The molecule has 0 unspecified atom stereocenters. The molecule has 0 radical (unpaired) electrons. The van der Waals surface area contributed by atoms with Crippen molar-refractivity contribution in [2.45, 2.75) is 19.2 Å². The van der Waals surface area contributed by atoms with Crippen LogP contribution in [0.4, 0.5) is 0 Å². The van der Waals surface area contributed by atoms with Crippen molar-refractivity contribution < 1.29 is 9.52 Å². The van der Waals surface area contributed by atoms with Crippen molar-refractivity contribution in [3.05, 3.63) is 24.2 Å². The van der Waals surface area contributed by atoms with Crippen LogP contribution in [0.1, 0.15) is 12.2 Å². The number of rotatable bonds is 2. The van der Waals surface area contributed by atoms with Gasteiger partial charge in [-0.15, -0.1) is 0 Å². The first-order valence-corrected chi connectivity index (χ1v) is 5.80. The Bertz CT molecular complexity index is 313. The smallest absolute Gasteiger partial charge is 0.138 e. The molecule has 1 N–H and O–H groups in total. The Morgan fingerprint density at radius 1 is 1.71 bits per heavy atom. The first kappa shape index (κ1) is 10.0. The molecule has 0 aliphatic carbocycles. The molecular weight excluding hydrogens is 218 g/mol. The Kier molecular flexibility index (Phi) is 3.10. The van der Waals surface area contributed by atoms with Gasteiger partial charge in [0.05, 0.1) is 12.8 Å². The van der Waals surface area contributed by atoms with Crippen LogP contribution in [0.2, 0.25) is 0 Å². The molecule has 2 heterocycles. The van der Waals surface area contributed by atoms with E-state index in [1.54, 1.807) is 22.9 Å². The molecule has 3 nitrogen and oxygen atoms in total. The van der Waals surface area contributed by atoms with Crippen LogP contribution in [-0.4, -0.2) is 26.3 Å². The van der Waals surface area contributed by atoms with Crippen molar-refractivity contribution in [1.82, 2.24) is 4.90 Å². The van der Waals surface area contributed by atoms with Crippen molar-refractivity contribution in [1.29, 1.82) is 0 Å². The lowest BCUT2D eigenvalue weighted by atomic mass is 10.3. The maximum Gasteiger partial charge on any atom is 0.138 e. The highest BCUT2D eigenvalue weighted by atomic mass is 32.2. The third kappa shape index (κ3) is 2.10. The molecule has 2 rings (SSSR count). The van der Waals surface area contributed by atoms with Gasteiger partial charge in [0.25, 0.3) is 0 Å². The summed E-state index contributed by atoms with van der Waals surface area (Å²) in [5.41, 5.74) is 0. The summed E-state index contributed by atoms with van der Waals surface area (Å²) in [5.74, 6) is 1.73. The van der Waals surface area contributed by atoms with Crippen molar-refractivity contribution in [2.24, 2.45) is 0 Å². The molecule has 1 aromatic heterocycles. The van der Waals surface area contributed by atoms with Crippen molar-refractivity contribution in [3.8, 4) is 0 Å². The van der Waals surface area contributed by atoms with Crippen LogP contribution in [0, 0.1) is 0 Å². The fourth-order valence-electron chi connectivity index (χ4n) is 1.35. The lowest BCUT2D eigenvalue weighted by molar-refractivity contribution is 0.0445. The number of thioether (sulfide) groups is 1. The SMILES string of the molecule is O[C@@H]1CCSC(=S)N1Cc1ccco1. The van der Waals surface area contributed by atoms with Gasteiger partial charge in [-0.25, -0.2) is 0 Å². The van der Waals surface area contributed by atoms with E-state index in [1.165, 1.54) is 0 Å². The zero-order valence-electron chi connectivity index (χ0n) is 7.55. The van der Waals surface area contributed by atoms with Gasteiger partial charge in [0, 0.05) is 12.2 Å². The van der Waals surface area contributed by atoms with Crippen molar-refractivity contribution in [2.75, 3.05) is 5.75 Å². The van der Waals surface area contributed by atoms with Crippen molar-refractivity contribution >= 4 is 28.3 Å². The van der Waals surface area contributed by atoms with Crippen LogP contribution < -0.4 is 0 Å². The largest absolute Gasteiger partial charge is 0.467 e. The maximum absolute atomic E-state index is 9.72. The zero-order chi connectivity index (χ0) is 9.97. The molecule has 1 atom stereocenters. The normalized spacial score (nSPS) is 22.8. The zero-order valence-corrected chi connectivity index (χ0v) is 9.18. The van der Waals surface area contributed by atoms with Crippen LogP contribution in [0.15, 0.2) is 22.8 Å². The highest BCUT2D eigenvalue weighted by Gasteiger charge is 2.24. The molecule has 1 saturated heterocycles. The minimum Gasteiger partial charge on any atom is -0.467 e. The Labute approximate surface area is 92.1 Å². The maximum atomic E-state index is 9.72. The molecule has 1 aromatic rings. The summed E-state index contributed by atoms with van der Waals surface area (Å²) >= 11 is 6.77. The number of furan rings is 1. The lowest BCUT2D eigenvalue weighted by Crippen LogP contribution is -2.40. The minimum atomic E-state index is -0.464. The van der Waals surface area contributed by atoms with E-state index >= 15 is 0 Å². The second-order valence-corrected chi connectivity index (χ2v) is 4.82. The Morgan fingerprint density at radius 2 is 2.57 bits per heavy atom. The topological polar surface area (TPSA) is 36.6 Å². The average molecular weight is 229 g/mol. The van der Waals surface area contributed by atoms with Gasteiger partial charge in [-0.1, -0.05) is 24.0 Å². The summed E-state index contributed by atoms with van der Waals surface area (Å²) in [7, 11) is 0. The van der Waals surface area contributed by atoms with Gasteiger partial charge in [0.15, 0.2) is 0 Å². The van der Waals surface area contributed by atoms with Gasteiger partial charge in [-0.2, -0.15) is 0 Å². The predicted molar refractivity (Wildman–Crippen MR) is 59.9 cm³/mol. The summed E-state index contributed by atoms with van der Waals surface area (Å²) in [6, 6.07) is 3.72. The number of hydrogen-bond acceptors (Lipinski definition) is 4. The Hall–Kier alpha value is -0.520.